The van der Waals surface area contributed by atoms with E-state index in [0.29, 0.717) is 18.9 Å². The third-order valence-corrected chi connectivity index (χ3v) is 4.45. The number of anilines is 1. The molecule has 6 heteroatoms. The quantitative estimate of drug-likeness (QED) is 0.684. The maximum Gasteiger partial charge on any atom is 0.214 e. The number of hydrogen-bond donors (Lipinski definition) is 2. The Kier molecular flexibility index (Phi) is 4.40. The van der Waals surface area contributed by atoms with Crippen LogP contribution in [0, 0.1) is 0 Å². The Labute approximate surface area is 133 Å². The molecular weight excluding hydrogens is 296 g/mol. The van der Waals surface area contributed by atoms with E-state index in [1.54, 1.807) is 0 Å². The Morgan fingerprint density at radius 3 is 2.73 bits per heavy atom. The fraction of sp³-hybridized carbons (Fsp3) is 0.375. The third-order valence-electron chi connectivity index (χ3n) is 3.57. The van der Waals surface area contributed by atoms with Crippen LogP contribution in [-0.4, -0.2) is 32.9 Å². The van der Waals surface area contributed by atoms with Crippen molar-refractivity contribution in [3.05, 3.63) is 36.0 Å². The number of aliphatic hydroxyl groups excluding tert-OH is 1. The van der Waals surface area contributed by atoms with Crippen molar-refractivity contribution in [2.24, 2.45) is 0 Å². The SMILES string of the molecule is CC(C)c1ccc(-c2cnc3sc(NCCCO)nn23)cc1. The van der Waals surface area contributed by atoms with Crippen molar-refractivity contribution in [3.8, 4) is 11.3 Å². The van der Waals surface area contributed by atoms with E-state index >= 15 is 0 Å². The first kappa shape index (κ1) is 15.0. The fourth-order valence-corrected chi connectivity index (χ4v) is 3.07. The molecule has 116 valence electrons. The highest BCUT2D eigenvalue weighted by Gasteiger charge is 2.11. The summed E-state index contributed by atoms with van der Waals surface area (Å²) in [5, 5.41) is 17.4. The Morgan fingerprint density at radius 2 is 2.05 bits per heavy atom. The monoisotopic (exact) mass is 316 g/mol. The lowest BCUT2D eigenvalue weighted by Gasteiger charge is -2.06. The zero-order valence-corrected chi connectivity index (χ0v) is 13.6. The Balaban J connectivity index is 1.87. The molecule has 0 fully saturated rings. The van der Waals surface area contributed by atoms with Gasteiger partial charge in [0, 0.05) is 18.7 Å². The average molecular weight is 316 g/mol. The van der Waals surface area contributed by atoms with Gasteiger partial charge in [-0.1, -0.05) is 49.4 Å². The van der Waals surface area contributed by atoms with Gasteiger partial charge in [-0.05, 0) is 17.9 Å². The maximum absolute atomic E-state index is 8.82. The number of nitrogens with zero attached hydrogens (tertiary/aromatic N) is 3. The second kappa shape index (κ2) is 6.46. The minimum absolute atomic E-state index is 0.183. The normalized spacial score (nSPS) is 11.5. The van der Waals surface area contributed by atoms with Crippen LogP contribution in [0.5, 0.6) is 0 Å². The largest absolute Gasteiger partial charge is 0.396 e. The lowest BCUT2D eigenvalue weighted by molar-refractivity contribution is 0.292. The van der Waals surface area contributed by atoms with Crippen LogP contribution in [0.15, 0.2) is 30.5 Å². The first-order chi connectivity index (χ1) is 10.7. The minimum atomic E-state index is 0.183. The third kappa shape index (κ3) is 2.98. The van der Waals surface area contributed by atoms with Crippen molar-refractivity contribution < 1.29 is 5.11 Å². The molecule has 22 heavy (non-hydrogen) atoms. The smallest absolute Gasteiger partial charge is 0.214 e. The summed E-state index contributed by atoms with van der Waals surface area (Å²) in [7, 11) is 0. The molecule has 0 radical (unpaired) electrons. The van der Waals surface area contributed by atoms with Crippen LogP contribution in [0.4, 0.5) is 5.13 Å². The molecule has 1 aromatic carbocycles. The number of aliphatic hydroxyl groups is 1. The van der Waals surface area contributed by atoms with Crippen LogP contribution >= 0.6 is 11.3 Å². The predicted molar refractivity (Wildman–Crippen MR) is 90.6 cm³/mol. The molecule has 0 aliphatic heterocycles. The van der Waals surface area contributed by atoms with Gasteiger partial charge in [0.05, 0.1) is 11.9 Å². The number of rotatable bonds is 6. The summed E-state index contributed by atoms with van der Waals surface area (Å²) < 4.78 is 1.87. The van der Waals surface area contributed by atoms with Crippen LogP contribution in [0.25, 0.3) is 16.2 Å². The molecule has 5 nitrogen and oxygen atoms in total. The van der Waals surface area contributed by atoms with Gasteiger partial charge in [0.25, 0.3) is 0 Å². The van der Waals surface area contributed by atoms with E-state index in [1.165, 1.54) is 16.9 Å². The molecule has 2 N–H and O–H groups in total. The highest BCUT2D eigenvalue weighted by atomic mass is 32.1. The molecular formula is C16H20N4OS. The number of nitrogens with one attached hydrogen (secondary N) is 1. The van der Waals surface area contributed by atoms with Crippen LogP contribution in [0.2, 0.25) is 0 Å². The van der Waals surface area contributed by atoms with Gasteiger partial charge in [0.1, 0.15) is 0 Å². The van der Waals surface area contributed by atoms with Crippen LogP contribution in [-0.2, 0) is 0 Å². The molecule has 2 heterocycles. The summed E-state index contributed by atoms with van der Waals surface area (Å²) in [6.45, 7) is 5.28. The van der Waals surface area contributed by atoms with Gasteiger partial charge in [0.15, 0.2) is 0 Å². The highest BCUT2D eigenvalue weighted by molar-refractivity contribution is 7.20. The van der Waals surface area contributed by atoms with Crippen LogP contribution in [0.1, 0.15) is 31.7 Å². The molecule has 0 bridgehead atoms. The zero-order chi connectivity index (χ0) is 15.5. The fourth-order valence-electron chi connectivity index (χ4n) is 2.27. The Hall–Kier alpha value is -1.92. The predicted octanol–water partition coefficient (Wildman–Crippen LogP) is 3.38. The molecule has 0 amide bonds. The van der Waals surface area contributed by atoms with Gasteiger partial charge in [-0.2, -0.15) is 0 Å². The molecule has 0 saturated carbocycles. The molecule has 0 unspecified atom stereocenters. The lowest BCUT2D eigenvalue weighted by Crippen LogP contribution is -2.03. The van der Waals surface area contributed by atoms with Gasteiger partial charge >= 0.3 is 0 Å². The molecule has 0 spiro atoms. The Bertz CT molecular complexity index is 745. The average Bonchev–Trinajstić information content (AvgIpc) is 3.07. The summed E-state index contributed by atoms with van der Waals surface area (Å²) in [5.74, 6) is 0.529. The highest BCUT2D eigenvalue weighted by Crippen LogP contribution is 2.27. The van der Waals surface area contributed by atoms with Gasteiger partial charge in [-0.15, -0.1) is 5.10 Å². The summed E-state index contributed by atoms with van der Waals surface area (Å²) in [4.78, 5) is 5.30. The molecule has 3 rings (SSSR count). The zero-order valence-electron chi connectivity index (χ0n) is 12.8. The second-order valence-corrected chi connectivity index (χ2v) is 6.48. The second-order valence-electron chi connectivity index (χ2n) is 5.53. The standard InChI is InChI=1S/C16H20N4OS/c1-11(2)12-4-6-13(7-5-12)14-10-18-16-20(14)19-15(22-16)17-8-3-9-21/h4-7,10-11,21H,3,8-9H2,1-2H3,(H,17,19). The molecule has 3 aromatic rings. The molecule has 0 aliphatic carbocycles. The van der Waals surface area contributed by atoms with Gasteiger partial charge < -0.3 is 10.4 Å². The number of imidazole rings is 1. The van der Waals surface area contributed by atoms with Crippen molar-refractivity contribution in [1.29, 1.82) is 0 Å². The van der Waals surface area contributed by atoms with Crippen molar-refractivity contribution >= 4 is 21.4 Å². The summed E-state index contributed by atoms with van der Waals surface area (Å²) in [6, 6.07) is 8.56. The van der Waals surface area contributed by atoms with E-state index < -0.39 is 0 Å². The van der Waals surface area contributed by atoms with Crippen molar-refractivity contribution in [2.75, 3.05) is 18.5 Å². The molecule has 0 aliphatic rings. The number of hydrogen-bond acceptors (Lipinski definition) is 5. The lowest BCUT2D eigenvalue weighted by atomic mass is 10.0. The van der Waals surface area contributed by atoms with Crippen LogP contribution in [0.3, 0.4) is 0 Å². The van der Waals surface area contributed by atoms with E-state index in [0.717, 1.165) is 21.3 Å². The summed E-state index contributed by atoms with van der Waals surface area (Å²) >= 11 is 1.52. The maximum atomic E-state index is 8.82. The number of fused-ring (bicyclic) bond motifs is 1. The van der Waals surface area contributed by atoms with Gasteiger partial charge in [-0.25, -0.2) is 9.50 Å². The van der Waals surface area contributed by atoms with E-state index in [4.69, 9.17) is 5.11 Å². The van der Waals surface area contributed by atoms with E-state index in [-0.39, 0.29) is 6.61 Å². The summed E-state index contributed by atoms with van der Waals surface area (Å²) in [5.41, 5.74) is 3.44. The molecule has 0 saturated heterocycles. The minimum Gasteiger partial charge on any atom is -0.396 e. The van der Waals surface area contributed by atoms with Crippen molar-refractivity contribution in [2.45, 2.75) is 26.2 Å². The Morgan fingerprint density at radius 1 is 1.27 bits per heavy atom. The first-order valence-corrected chi connectivity index (χ1v) is 8.30. The number of benzene rings is 1. The first-order valence-electron chi connectivity index (χ1n) is 7.48. The van der Waals surface area contributed by atoms with Crippen LogP contribution < -0.4 is 5.32 Å². The molecule has 0 atom stereocenters. The van der Waals surface area contributed by atoms with E-state index in [1.807, 2.05) is 10.7 Å². The van der Waals surface area contributed by atoms with Crippen molar-refractivity contribution in [1.82, 2.24) is 14.6 Å². The number of aromatic nitrogens is 3. The summed E-state index contributed by atoms with van der Waals surface area (Å²) in [6.07, 6.45) is 2.58. The van der Waals surface area contributed by atoms with Crippen molar-refractivity contribution in [3.63, 3.8) is 0 Å². The topological polar surface area (TPSA) is 62.5 Å². The molecule has 2 aromatic heterocycles. The van der Waals surface area contributed by atoms with Gasteiger partial charge in [-0.3, -0.25) is 0 Å². The van der Waals surface area contributed by atoms with E-state index in [9.17, 15) is 0 Å². The van der Waals surface area contributed by atoms with E-state index in [2.05, 4.69) is 53.5 Å². The van der Waals surface area contributed by atoms with Gasteiger partial charge in [0.2, 0.25) is 10.1 Å².